The van der Waals surface area contributed by atoms with Gasteiger partial charge in [0.1, 0.15) is 6.04 Å². The number of nitrogens with zero attached hydrogens (tertiary/aromatic N) is 1. The molecule has 0 saturated heterocycles. The van der Waals surface area contributed by atoms with Gasteiger partial charge in [-0.05, 0) is 37.4 Å². The first-order valence-corrected chi connectivity index (χ1v) is 7.76. The zero-order chi connectivity index (χ0) is 15.9. The van der Waals surface area contributed by atoms with Crippen LogP contribution in [0.15, 0.2) is 53.1 Å². The lowest BCUT2D eigenvalue weighted by Crippen LogP contribution is -2.30. The van der Waals surface area contributed by atoms with Crippen molar-refractivity contribution in [1.82, 2.24) is 0 Å². The second-order valence-electron chi connectivity index (χ2n) is 5.25. The number of thiophene rings is 1. The molecular formula is C17H15NO3S. The van der Waals surface area contributed by atoms with Gasteiger partial charge in [0.2, 0.25) is 0 Å². The van der Waals surface area contributed by atoms with Crippen LogP contribution in [0.4, 0.5) is 5.69 Å². The molecule has 0 fully saturated rings. The molecule has 0 bridgehead atoms. The van der Waals surface area contributed by atoms with E-state index in [1.54, 1.807) is 0 Å². The van der Waals surface area contributed by atoms with Gasteiger partial charge in [0.25, 0.3) is 5.91 Å². The first kappa shape index (κ1) is 14.5. The molecule has 1 aromatic heterocycles. The highest BCUT2D eigenvalue weighted by atomic mass is 32.1. The minimum absolute atomic E-state index is 0.160. The summed E-state index contributed by atoms with van der Waals surface area (Å²) in [5.41, 5.74) is 1.90. The summed E-state index contributed by atoms with van der Waals surface area (Å²) in [7, 11) is 0. The number of amides is 1. The third kappa shape index (κ3) is 2.23. The van der Waals surface area contributed by atoms with E-state index in [1.807, 2.05) is 48.7 Å². The molecular weight excluding hydrogens is 298 g/mol. The highest BCUT2D eigenvalue weighted by Crippen LogP contribution is 2.42. The van der Waals surface area contributed by atoms with Crippen LogP contribution in [0.2, 0.25) is 0 Å². The number of ketones is 1. The van der Waals surface area contributed by atoms with Crippen LogP contribution in [-0.4, -0.2) is 16.8 Å². The number of carbonyl (C=O) groups excluding carboxylic acids is 2. The Hall–Kier alpha value is -2.40. The third-order valence-electron chi connectivity index (χ3n) is 3.71. The molecule has 0 radical (unpaired) electrons. The molecule has 1 aromatic carbocycles. The number of carbonyl (C=O) groups is 2. The van der Waals surface area contributed by atoms with E-state index >= 15 is 0 Å². The molecule has 1 N–H and O–H groups in total. The minimum atomic E-state index is -0.562. The van der Waals surface area contributed by atoms with Gasteiger partial charge < -0.3 is 5.11 Å². The van der Waals surface area contributed by atoms with Crippen molar-refractivity contribution in [1.29, 1.82) is 0 Å². The quantitative estimate of drug-likeness (QED) is 0.943. The van der Waals surface area contributed by atoms with E-state index in [1.165, 1.54) is 23.2 Å². The second kappa shape index (κ2) is 5.42. The third-order valence-corrected chi connectivity index (χ3v) is 4.64. The molecule has 2 heterocycles. The summed E-state index contributed by atoms with van der Waals surface area (Å²) in [5.74, 6) is -1.28. The van der Waals surface area contributed by atoms with Crippen molar-refractivity contribution in [3.63, 3.8) is 0 Å². The Kier molecular flexibility index (Phi) is 3.58. The molecule has 3 rings (SSSR count). The second-order valence-corrected chi connectivity index (χ2v) is 6.23. The van der Waals surface area contributed by atoms with Crippen LogP contribution in [0.25, 0.3) is 0 Å². The lowest BCUT2D eigenvalue weighted by atomic mass is 10.0. The Labute approximate surface area is 132 Å². The monoisotopic (exact) mass is 313 g/mol. The van der Waals surface area contributed by atoms with Crippen molar-refractivity contribution in [2.24, 2.45) is 0 Å². The standard InChI is InChI=1S/C17H15NO3S/c1-10-5-7-12(8-6-10)18-15(13-4-3-9-22-13)14(11(2)19)16(20)17(18)21/h3-9,15,20H,1-2H3/t15-/m1/s1. The Balaban J connectivity index is 2.15. The van der Waals surface area contributed by atoms with Gasteiger partial charge in [0, 0.05) is 10.6 Å². The van der Waals surface area contributed by atoms with E-state index < -0.39 is 17.7 Å². The number of rotatable bonds is 3. The van der Waals surface area contributed by atoms with Crippen molar-refractivity contribution in [2.45, 2.75) is 19.9 Å². The van der Waals surface area contributed by atoms with E-state index in [2.05, 4.69) is 0 Å². The Morgan fingerprint density at radius 3 is 2.45 bits per heavy atom. The van der Waals surface area contributed by atoms with E-state index in [9.17, 15) is 14.7 Å². The van der Waals surface area contributed by atoms with Crippen molar-refractivity contribution in [3.05, 3.63) is 63.6 Å². The van der Waals surface area contributed by atoms with Crippen LogP contribution in [0.1, 0.15) is 23.4 Å². The van der Waals surface area contributed by atoms with Gasteiger partial charge in [-0.15, -0.1) is 11.3 Å². The Morgan fingerprint density at radius 1 is 1.23 bits per heavy atom. The molecule has 1 atom stereocenters. The van der Waals surface area contributed by atoms with Crippen molar-refractivity contribution in [2.75, 3.05) is 4.90 Å². The van der Waals surface area contributed by atoms with Crippen LogP contribution in [0, 0.1) is 6.92 Å². The molecule has 0 unspecified atom stereocenters. The fourth-order valence-electron chi connectivity index (χ4n) is 2.65. The van der Waals surface area contributed by atoms with Crippen LogP contribution < -0.4 is 4.90 Å². The lowest BCUT2D eigenvalue weighted by Gasteiger charge is -2.25. The van der Waals surface area contributed by atoms with E-state index in [0.29, 0.717) is 5.69 Å². The molecule has 4 nitrogen and oxygen atoms in total. The summed E-state index contributed by atoms with van der Waals surface area (Å²) in [5, 5.41) is 12.0. The Morgan fingerprint density at radius 2 is 1.91 bits per heavy atom. The topological polar surface area (TPSA) is 57.6 Å². The maximum Gasteiger partial charge on any atom is 0.294 e. The zero-order valence-electron chi connectivity index (χ0n) is 12.2. The number of hydrogen-bond donors (Lipinski definition) is 1. The van der Waals surface area contributed by atoms with Crippen LogP contribution >= 0.6 is 11.3 Å². The van der Waals surface area contributed by atoms with Gasteiger partial charge in [-0.3, -0.25) is 14.5 Å². The summed E-state index contributed by atoms with van der Waals surface area (Å²) >= 11 is 1.46. The maximum absolute atomic E-state index is 12.5. The predicted octanol–water partition coefficient (Wildman–Crippen LogP) is 3.55. The normalized spacial score (nSPS) is 18.2. The first-order chi connectivity index (χ1) is 10.5. The van der Waals surface area contributed by atoms with Gasteiger partial charge in [-0.2, -0.15) is 0 Å². The summed E-state index contributed by atoms with van der Waals surface area (Å²) in [6, 6.07) is 10.6. The first-order valence-electron chi connectivity index (χ1n) is 6.88. The summed E-state index contributed by atoms with van der Waals surface area (Å²) in [6.07, 6.45) is 0. The molecule has 22 heavy (non-hydrogen) atoms. The number of aryl methyl sites for hydroxylation is 1. The molecule has 0 spiro atoms. The number of hydrogen-bond acceptors (Lipinski definition) is 4. The molecule has 0 aliphatic carbocycles. The van der Waals surface area contributed by atoms with E-state index in [-0.39, 0.29) is 11.4 Å². The number of aliphatic hydroxyl groups is 1. The van der Waals surface area contributed by atoms with Crippen LogP contribution in [0.5, 0.6) is 0 Å². The van der Waals surface area contributed by atoms with Crippen LogP contribution in [0.3, 0.4) is 0 Å². The van der Waals surface area contributed by atoms with E-state index in [4.69, 9.17) is 0 Å². The lowest BCUT2D eigenvalue weighted by molar-refractivity contribution is -0.117. The average molecular weight is 313 g/mol. The minimum Gasteiger partial charge on any atom is -0.503 e. The molecule has 0 saturated carbocycles. The van der Waals surface area contributed by atoms with Gasteiger partial charge >= 0.3 is 0 Å². The number of Topliss-reactive ketones (excluding diaryl/α,β-unsaturated/α-hetero) is 1. The molecule has 5 heteroatoms. The summed E-state index contributed by atoms with van der Waals surface area (Å²) in [4.78, 5) is 26.8. The van der Waals surface area contributed by atoms with E-state index in [0.717, 1.165) is 10.4 Å². The highest BCUT2D eigenvalue weighted by molar-refractivity contribution is 7.10. The molecule has 112 valence electrons. The molecule has 1 aliphatic rings. The van der Waals surface area contributed by atoms with Gasteiger partial charge in [0.05, 0.1) is 5.57 Å². The highest BCUT2D eigenvalue weighted by Gasteiger charge is 2.43. The molecule has 1 aliphatic heterocycles. The van der Waals surface area contributed by atoms with Crippen molar-refractivity contribution < 1.29 is 14.7 Å². The SMILES string of the molecule is CC(=O)C1=C(O)C(=O)N(c2ccc(C)cc2)[C@@H]1c1cccs1. The Bertz CT molecular complexity index is 760. The maximum atomic E-state index is 12.5. The van der Waals surface area contributed by atoms with Gasteiger partial charge in [0.15, 0.2) is 11.5 Å². The average Bonchev–Trinajstić information content (AvgIpc) is 3.08. The van der Waals surface area contributed by atoms with Gasteiger partial charge in [-0.1, -0.05) is 23.8 Å². The van der Waals surface area contributed by atoms with Crippen LogP contribution in [-0.2, 0) is 9.59 Å². The zero-order valence-corrected chi connectivity index (χ0v) is 13.1. The number of benzene rings is 1. The smallest absolute Gasteiger partial charge is 0.294 e. The summed E-state index contributed by atoms with van der Waals surface area (Å²) < 4.78 is 0. The van der Waals surface area contributed by atoms with Crippen molar-refractivity contribution >= 4 is 28.7 Å². The molecule has 1 amide bonds. The number of aliphatic hydroxyl groups excluding tert-OH is 1. The largest absolute Gasteiger partial charge is 0.503 e. The fourth-order valence-corrected chi connectivity index (χ4v) is 3.48. The predicted molar refractivity (Wildman–Crippen MR) is 86.1 cm³/mol. The summed E-state index contributed by atoms with van der Waals surface area (Å²) in [6.45, 7) is 3.33. The van der Waals surface area contributed by atoms with Gasteiger partial charge in [-0.25, -0.2) is 0 Å². The number of anilines is 1. The van der Waals surface area contributed by atoms with Crippen molar-refractivity contribution in [3.8, 4) is 0 Å². The molecule has 2 aromatic rings. The fraction of sp³-hybridized carbons (Fsp3) is 0.176.